The van der Waals surface area contributed by atoms with E-state index >= 15 is 0 Å². The zero-order chi connectivity index (χ0) is 11.8. The fourth-order valence-corrected chi connectivity index (χ4v) is 2.82. The molecular weight excluding hydrogens is 265 g/mol. The van der Waals surface area contributed by atoms with Gasteiger partial charge in [0.25, 0.3) is 0 Å². The van der Waals surface area contributed by atoms with Gasteiger partial charge in [-0.2, -0.15) is 0 Å². The van der Waals surface area contributed by atoms with Crippen molar-refractivity contribution in [1.29, 1.82) is 0 Å². The SMILES string of the molecule is CCCNCCOCCc1cc(Cl)sc1Cl. The quantitative estimate of drug-likeness (QED) is 0.735. The Bertz CT molecular complexity index is 304. The highest BCUT2D eigenvalue weighted by atomic mass is 35.5. The van der Waals surface area contributed by atoms with E-state index < -0.39 is 0 Å². The van der Waals surface area contributed by atoms with E-state index in [9.17, 15) is 0 Å². The number of nitrogens with one attached hydrogen (secondary N) is 1. The molecule has 1 aromatic rings. The summed E-state index contributed by atoms with van der Waals surface area (Å²) < 4.78 is 7.00. The van der Waals surface area contributed by atoms with Crippen LogP contribution in [0.3, 0.4) is 0 Å². The van der Waals surface area contributed by atoms with Crippen LogP contribution in [0, 0.1) is 0 Å². The zero-order valence-corrected chi connectivity index (χ0v) is 11.7. The van der Waals surface area contributed by atoms with E-state index in [-0.39, 0.29) is 0 Å². The number of hydrogen-bond donors (Lipinski definition) is 1. The first-order valence-electron chi connectivity index (χ1n) is 5.46. The summed E-state index contributed by atoms with van der Waals surface area (Å²) in [6.45, 7) is 5.55. The fraction of sp³-hybridized carbons (Fsp3) is 0.636. The maximum Gasteiger partial charge on any atom is 0.0977 e. The highest BCUT2D eigenvalue weighted by Crippen LogP contribution is 2.31. The van der Waals surface area contributed by atoms with Gasteiger partial charge in [0.1, 0.15) is 0 Å². The van der Waals surface area contributed by atoms with Crippen molar-refractivity contribution in [3.8, 4) is 0 Å². The van der Waals surface area contributed by atoms with Crippen LogP contribution in [0.1, 0.15) is 18.9 Å². The van der Waals surface area contributed by atoms with Crippen molar-refractivity contribution in [1.82, 2.24) is 5.32 Å². The molecule has 0 fully saturated rings. The molecule has 2 nitrogen and oxygen atoms in total. The summed E-state index contributed by atoms with van der Waals surface area (Å²) in [6, 6.07) is 1.91. The van der Waals surface area contributed by atoms with Crippen LogP contribution in [0.2, 0.25) is 8.67 Å². The Balaban J connectivity index is 2.05. The molecule has 5 heteroatoms. The maximum atomic E-state index is 5.99. The molecule has 16 heavy (non-hydrogen) atoms. The fourth-order valence-electron chi connectivity index (χ4n) is 1.28. The van der Waals surface area contributed by atoms with Gasteiger partial charge in [-0.05, 0) is 31.0 Å². The van der Waals surface area contributed by atoms with Gasteiger partial charge in [0.05, 0.1) is 21.9 Å². The van der Waals surface area contributed by atoms with Crippen LogP contribution in [-0.4, -0.2) is 26.3 Å². The van der Waals surface area contributed by atoms with Gasteiger partial charge in [-0.1, -0.05) is 30.1 Å². The minimum atomic E-state index is 0.695. The van der Waals surface area contributed by atoms with E-state index in [0.717, 1.165) is 46.8 Å². The molecule has 0 spiro atoms. The molecule has 92 valence electrons. The summed E-state index contributed by atoms with van der Waals surface area (Å²) in [5.74, 6) is 0. The minimum absolute atomic E-state index is 0.695. The average Bonchev–Trinajstić information content (AvgIpc) is 2.56. The second-order valence-corrected chi connectivity index (χ2v) is 5.75. The molecule has 1 N–H and O–H groups in total. The zero-order valence-electron chi connectivity index (χ0n) is 9.39. The van der Waals surface area contributed by atoms with Gasteiger partial charge in [0.15, 0.2) is 0 Å². The van der Waals surface area contributed by atoms with Crippen molar-refractivity contribution < 1.29 is 4.74 Å². The molecule has 0 radical (unpaired) electrons. The molecule has 0 aromatic carbocycles. The van der Waals surface area contributed by atoms with Gasteiger partial charge in [-0.15, -0.1) is 11.3 Å². The molecule has 1 aromatic heterocycles. The number of hydrogen-bond acceptors (Lipinski definition) is 3. The van der Waals surface area contributed by atoms with Gasteiger partial charge in [0, 0.05) is 6.54 Å². The highest BCUT2D eigenvalue weighted by Gasteiger charge is 2.05. The Kier molecular flexibility index (Phi) is 7.41. The molecule has 0 saturated carbocycles. The van der Waals surface area contributed by atoms with Crippen LogP contribution in [0.4, 0.5) is 0 Å². The van der Waals surface area contributed by atoms with E-state index in [4.69, 9.17) is 27.9 Å². The molecule has 0 aliphatic heterocycles. The lowest BCUT2D eigenvalue weighted by atomic mass is 10.2. The van der Waals surface area contributed by atoms with Crippen LogP contribution in [0.25, 0.3) is 0 Å². The Hall–Kier alpha value is 0.200. The molecule has 0 saturated heterocycles. The predicted molar refractivity (Wildman–Crippen MR) is 72.0 cm³/mol. The molecule has 0 bridgehead atoms. The van der Waals surface area contributed by atoms with Gasteiger partial charge >= 0.3 is 0 Å². The van der Waals surface area contributed by atoms with Crippen molar-refractivity contribution in [2.75, 3.05) is 26.3 Å². The van der Waals surface area contributed by atoms with Crippen molar-refractivity contribution in [2.45, 2.75) is 19.8 Å². The van der Waals surface area contributed by atoms with Crippen LogP contribution in [-0.2, 0) is 11.2 Å². The summed E-state index contributed by atoms with van der Waals surface area (Å²) in [5, 5.41) is 3.28. The Morgan fingerprint density at radius 1 is 1.31 bits per heavy atom. The molecule has 0 aliphatic rings. The third-order valence-electron chi connectivity index (χ3n) is 2.09. The summed E-state index contributed by atoms with van der Waals surface area (Å²) >= 11 is 13.2. The van der Waals surface area contributed by atoms with Crippen LogP contribution < -0.4 is 5.32 Å². The van der Waals surface area contributed by atoms with E-state index in [1.165, 1.54) is 11.3 Å². The number of ether oxygens (including phenoxy) is 1. The van der Waals surface area contributed by atoms with E-state index in [2.05, 4.69) is 12.2 Å². The second kappa shape index (κ2) is 8.31. The Morgan fingerprint density at radius 2 is 2.12 bits per heavy atom. The Labute approximate surface area is 111 Å². The van der Waals surface area contributed by atoms with Crippen molar-refractivity contribution >= 4 is 34.5 Å². The van der Waals surface area contributed by atoms with Gasteiger partial charge in [-0.25, -0.2) is 0 Å². The van der Waals surface area contributed by atoms with E-state index in [1.54, 1.807) is 0 Å². The lowest BCUT2D eigenvalue weighted by Gasteiger charge is -2.04. The van der Waals surface area contributed by atoms with E-state index in [1.807, 2.05) is 6.07 Å². The van der Waals surface area contributed by atoms with Crippen molar-refractivity contribution in [2.24, 2.45) is 0 Å². The third-order valence-corrected chi connectivity index (χ3v) is 3.66. The van der Waals surface area contributed by atoms with Crippen LogP contribution in [0.5, 0.6) is 0 Å². The molecule has 0 unspecified atom stereocenters. The lowest BCUT2D eigenvalue weighted by Crippen LogP contribution is -2.20. The monoisotopic (exact) mass is 281 g/mol. The molecule has 1 rings (SSSR count). The Morgan fingerprint density at radius 3 is 2.75 bits per heavy atom. The minimum Gasteiger partial charge on any atom is -0.380 e. The largest absolute Gasteiger partial charge is 0.380 e. The summed E-state index contributed by atoms with van der Waals surface area (Å²) in [5.41, 5.74) is 1.08. The normalized spacial score (nSPS) is 10.9. The standard InChI is InChI=1S/C11H17Cl2NOS/c1-2-4-14-5-7-15-6-3-9-8-10(12)16-11(9)13/h8,14H,2-7H2,1H3. The molecule has 0 amide bonds. The first-order valence-corrected chi connectivity index (χ1v) is 7.03. The third kappa shape index (κ3) is 5.51. The smallest absolute Gasteiger partial charge is 0.0977 e. The van der Waals surface area contributed by atoms with Crippen LogP contribution in [0.15, 0.2) is 6.07 Å². The average molecular weight is 282 g/mol. The number of thiophene rings is 1. The van der Waals surface area contributed by atoms with Gasteiger partial charge < -0.3 is 10.1 Å². The van der Waals surface area contributed by atoms with Crippen molar-refractivity contribution in [3.63, 3.8) is 0 Å². The predicted octanol–water partition coefficient (Wildman–Crippen LogP) is 3.61. The summed E-state index contributed by atoms with van der Waals surface area (Å²) in [4.78, 5) is 0. The molecule has 0 atom stereocenters. The topological polar surface area (TPSA) is 21.3 Å². The lowest BCUT2D eigenvalue weighted by molar-refractivity contribution is 0.139. The highest BCUT2D eigenvalue weighted by molar-refractivity contribution is 7.20. The number of rotatable bonds is 8. The molecular formula is C11H17Cl2NOS. The molecule has 0 aliphatic carbocycles. The van der Waals surface area contributed by atoms with Crippen molar-refractivity contribution in [3.05, 3.63) is 20.3 Å². The summed E-state index contributed by atoms with van der Waals surface area (Å²) in [6.07, 6.45) is 1.98. The maximum absolute atomic E-state index is 5.99. The number of halogens is 2. The first-order chi connectivity index (χ1) is 7.74. The second-order valence-electron chi connectivity index (χ2n) is 3.46. The van der Waals surface area contributed by atoms with Gasteiger partial charge in [0.2, 0.25) is 0 Å². The van der Waals surface area contributed by atoms with Crippen LogP contribution >= 0.6 is 34.5 Å². The summed E-state index contributed by atoms with van der Waals surface area (Å²) in [7, 11) is 0. The van der Waals surface area contributed by atoms with Gasteiger partial charge in [-0.3, -0.25) is 0 Å². The molecule has 1 heterocycles. The van der Waals surface area contributed by atoms with E-state index in [0.29, 0.717) is 6.61 Å². The first kappa shape index (κ1) is 14.3.